The summed E-state index contributed by atoms with van der Waals surface area (Å²) < 4.78 is 6.32. The number of ether oxygens (including phenoxy) is 1. The van der Waals surface area contributed by atoms with E-state index in [2.05, 4.69) is 20.4 Å². The van der Waals surface area contributed by atoms with Crippen LogP contribution in [0.2, 0.25) is 5.02 Å². The molecule has 2 rings (SSSR count). The Balaban J connectivity index is 2.15. The second-order valence-corrected chi connectivity index (χ2v) is 4.30. The number of carbonyl (C=O) groups excluding carboxylic acids is 1. The fraction of sp³-hybridized carbons (Fsp3) is 0.250. The minimum atomic E-state index is -0.401. The topological polar surface area (TPSA) is 69.0 Å². The zero-order chi connectivity index (χ0) is 13.8. The molecule has 0 spiro atoms. The van der Waals surface area contributed by atoms with Gasteiger partial charge in [-0.1, -0.05) is 16.8 Å². The number of carbonyl (C=O) groups is 1. The number of rotatable bonds is 4. The van der Waals surface area contributed by atoms with Crippen molar-refractivity contribution >= 4 is 23.3 Å². The third kappa shape index (κ3) is 3.03. The molecule has 7 heteroatoms. The van der Waals surface area contributed by atoms with E-state index in [0.717, 1.165) is 5.69 Å². The molecular formula is C12H13ClN4O2. The summed E-state index contributed by atoms with van der Waals surface area (Å²) >= 11 is 6.07. The van der Waals surface area contributed by atoms with E-state index in [9.17, 15) is 4.79 Å². The lowest BCUT2D eigenvalue weighted by atomic mass is 10.2. The molecule has 0 bridgehead atoms. The summed E-state index contributed by atoms with van der Waals surface area (Å²) in [5.41, 5.74) is 2.00. The molecule has 0 saturated heterocycles. The largest absolute Gasteiger partial charge is 0.465 e. The molecule has 0 unspecified atom stereocenters. The summed E-state index contributed by atoms with van der Waals surface area (Å²) in [6.45, 7) is 0.508. The van der Waals surface area contributed by atoms with E-state index in [-0.39, 0.29) is 0 Å². The van der Waals surface area contributed by atoms with Crippen molar-refractivity contribution in [3.63, 3.8) is 0 Å². The third-order valence-corrected chi connectivity index (χ3v) is 2.99. The van der Waals surface area contributed by atoms with E-state index in [0.29, 0.717) is 22.8 Å². The van der Waals surface area contributed by atoms with Crippen molar-refractivity contribution in [1.82, 2.24) is 15.0 Å². The van der Waals surface area contributed by atoms with E-state index < -0.39 is 5.97 Å². The number of hydrogen-bond acceptors (Lipinski definition) is 5. The second-order valence-electron chi connectivity index (χ2n) is 3.89. The van der Waals surface area contributed by atoms with Crippen LogP contribution in [-0.2, 0) is 18.3 Å². The number of esters is 1. The highest BCUT2D eigenvalue weighted by atomic mass is 35.5. The Morgan fingerprint density at radius 3 is 2.95 bits per heavy atom. The van der Waals surface area contributed by atoms with Crippen molar-refractivity contribution in [3.8, 4) is 0 Å². The van der Waals surface area contributed by atoms with Gasteiger partial charge in [0, 0.05) is 7.05 Å². The van der Waals surface area contributed by atoms with Crippen LogP contribution in [0.1, 0.15) is 16.1 Å². The maximum atomic E-state index is 11.4. The van der Waals surface area contributed by atoms with E-state index in [1.807, 2.05) is 0 Å². The van der Waals surface area contributed by atoms with Crippen LogP contribution in [0.4, 0.5) is 5.69 Å². The minimum Gasteiger partial charge on any atom is -0.465 e. The SMILES string of the molecule is COC(=O)c1ccc(Cl)c(NCc2cnnn2C)c1. The molecule has 0 aliphatic rings. The number of hydrogen-bond donors (Lipinski definition) is 1. The standard InChI is InChI=1S/C12H13ClN4O2/c1-17-9(7-15-16-17)6-14-11-5-8(12(18)19-2)3-4-10(11)13/h3-5,7,14H,6H2,1-2H3. The lowest BCUT2D eigenvalue weighted by Crippen LogP contribution is -2.07. The van der Waals surface area contributed by atoms with Crippen LogP contribution in [-0.4, -0.2) is 28.1 Å². The Hall–Kier alpha value is -2.08. The van der Waals surface area contributed by atoms with Gasteiger partial charge in [-0.3, -0.25) is 4.68 Å². The first-order valence-corrected chi connectivity index (χ1v) is 5.95. The minimum absolute atomic E-state index is 0.401. The van der Waals surface area contributed by atoms with Crippen molar-refractivity contribution in [2.24, 2.45) is 7.05 Å². The van der Waals surface area contributed by atoms with Crippen molar-refractivity contribution in [2.45, 2.75) is 6.54 Å². The average molecular weight is 281 g/mol. The third-order valence-electron chi connectivity index (χ3n) is 2.66. The monoisotopic (exact) mass is 280 g/mol. The Kier molecular flexibility index (Phi) is 4.01. The van der Waals surface area contributed by atoms with Gasteiger partial charge >= 0.3 is 5.97 Å². The first-order valence-electron chi connectivity index (χ1n) is 5.57. The number of halogens is 1. The molecule has 0 amide bonds. The van der Waals surface area contributed by atoms with Crippen molar-refractivity contribution in [3.05, 3.63) is 40.7 Å². The Bertz CT molecular complexity index is 597. The summed E-state index contributed by atoms with van der Waals surface area (Å²) in [6, 6.07) is 4.92. The van der Waals surface area contributed by atoms with Gasteiger partial charge in [0.15, 0.2) is 0 Å². The van der Waals surface area contributed by atoms with Crippen LogP contribution < -0.4 is 5.32 Å². The van der Waals surface area contributed by atoms with Crippen LogP contribution >= 0.6 is 11.6 Å². The lowest BCUT2D eigenvalue weighted by molar-refractivity contribution is 0.0601. The zero-order valence-corrected chi connectivity index (χ0v) is 11.3. The predicted octanol–water partition coefficient (Wildman–Crippen LogP) is 1.87. The highest BCUT2D eigenvalue weighted by Gasteiger charge is 2.09. The second kappa shape index (κ2) is 5.71. The predicted molar refractivity (Wildman–Crippen MR) is 71.1 cm³/mol. The van der Waals surface area contributed by atoms with E-state index in [1.165, 1.54) is 7.11 Å². The van der Waals surface area contributed by atoms with Crippen LogP contribution in [0.5, 0.6) is 0 Å². The maximum Gasteiger partial charge on any atom is 0.337 e. The van der Waals surface area contributed by atoms with Crippen molar-refractivity contribution in [1.29, 1.82) is 0 Å². The summed E-state index contributed by atoms with van der Waals surface area (Å²) in [4.78, 5) is 11.4. The molecule has 1 N–H and O–H groups in total. The van der Waals surface area contributed by atoms with E-state index in [1.54, 1.807) is 36.1 Å². The summed E-state index contributed by atoms with van der Waals surface area (Å²) in [7, 11) is 3.14. The van der Waals surface area contributed by atoms with Gasteiger partial charge in [0.25, 0.3) is 0 Å². The average Bonchev–Trinajstić information content (AvgIpc) is 2.82. The number of benzene rings is 1. The quantitative estimate of drug-likeness (QED) is 0.866. The molecule has 1 aromatic heterocycles. The van der Waals surface area contributed by atoms with Gasteiger partial charge in [-0.15, -0.1) is 5.10 Å². The number of methoxy groups -OCH3 is 1. The van der Waals surface area contributed by atoms with Gasteiger partial charge in [0.1, 0.15) is 0 Å². The molecule has 0 radical (unpaired) electrons. The Morgan fingerprint density at radius 2 is 2.32 bits per heavy atom. The molecule has 6 nitrogen and oxygen atoms in total. The maximum absolute atomic E-state index is 11.4. The number of aryl methyl sites for hydroxylation is 1. The highest BCUT2D eigenvalue weighted by molar-refractivity contribution is 6.33. The molecule has 2 aromatic rings. The van der Waals surface area contributed by atoms with E-state index >= 15 is 0 Å². The molecule has 0 aliphatic heterocycles. The highest BCUT2D eigenvalue weighted by Crippen LogP contribution is 2.23. The van der Waals surface area contributed by atoms with Gasteiger partial charge in [-0.2, -0.15) is 0 Å². The normalized spacial score (nSPS) is 10.3. The van der Waals surface area contributed by atoms with Crippen molar-refractivity contribution in [2.75, 3.05) is 12.4 Å². The first-order chi connectivity index (χ1) is 9.11. The van der Waals surface area contributed by atoms with Crippen LogP contribution in [0.3, 0.4) is 0 Å². The molecule has 0 atom stereocenters. The number of nitrogens with zero attached hydrogens (tertiary/aromatic N) is 3. The zero-order valence-electron chi connectivity index (χ0n) is 10.6. The molecule has 0 saturated carbocycles. The molecular weight excluding hydrogens is 268 g/mol. The summed E-state index contributed by atoms with van der Waals surface area (Å²) in [5, 5.41) is 11.3. The Labute approximate surface area is 115 Å². The Morgan fingerprint density at radius 1 is 1.53 bits per heavy atom. The molecule has 19 heavy (non-hydrogen) atoms. The smallest absolute Gasteiger partial charge is 0.337 e. The number of aromatic nitrogens is 3. The molecule has 1 aromatic carbocycles. The number of nitrogens with one attached hydrogen (secondary N) is 1. The van der Waals surface area contributed by atoms with Crippen LogP contribution in [0, 0.1) is 0 Å². The van der Waals surface area contributed by atoms with Crippen molar-refractivity contribution < 1.29 is 9.53 Å². The lowest BCUT2D eigenvalue weighted by Gasteiger charge is -2.09. The van der Waals surface area contributed by atoms with Crippen LogP contribution in [0.15, 0.2) is 24.4 Å². The molecule has 0 fully saturated rings. The van der Waals surface area contributed by atoms with E-state index in [4.69, 9.17) is 11.6 Å². The fourth-order valence-electron chi connectivity index (χ4n) is 1.56. The molecule has 100 valence electrons. The summed E-state index contributed by atoms with van der Waals surface area (Å²) in [6.07, 6.45) is 1.66. The van der Waals surface area contributed by atoms with Gasteiger partial charge in [-0.25, -0.2) is 4.79 Å². The van der Waals surface area contributed by atoms with Gasteiger partial charge in [0.2, 0.25) is 0 Å². The van der Waals surface area contributed by atoms with Crippen LogP contribution in [0.25, 0.3) is 0 Å². The molecule has 0 aliphatic carbocycles. The first kappa shape index (κ1) is 13.4. The summed E-state index contributed by atoms with van der Waals surface area (Å²) in [5.74, 6) is -0.401. The van der Waals surface area contributed by atoms with Gasteiger partial charge < -0.3 is 10.1 Å². The van der Waals surface area contributed by atoms with Gasteiger partial charge in [-0.05, 0) is 18.2 Å². The molecule has 1 heterocycles. The number of anilines is 1. The fourth-order valence-corrected chi connectivity index (χ4v) is 1.75. The van der Waals surface area contributed by atoms with Gasteiger partial charge in [0.05, 0.1) is 41.8 Å².